The van der Waals surface area contributed by atoms with Crippen molar-refractivity contribution in [2.24, 2.45) is 0 Å². The summed E-state index contributed by atoms with van der Waals surface area (Å²) in [6.45, 7) is 0. The Morgan fingerprint density at radius 2 is 2.10 bits per heavy atom. The van der Waals surface area contributed by atoms with Crippen molar-refractivity contribution in [3.05, 3.63) is 58.6 Å². The molecule has 0 aliphatic heterocycles. The van der Waals surface area contributed by atoms with Crippen LogP contribution in [0.2, 0.25) is 0 Å². The fourth-order valence-corrected chi connectivity index (χ4v) is 2.13. The second kappa shape index (κ2) is 6.95. The van der Waals surface area contributed by atoms with Crippen molar-refractivity contribution in [3.8, 4) is 11.5 Å². The normalized spacial score (nSPS) is 10.6. The molecule has 108 valence electrons. The zero-order valence-electron chi connectivity index (χ0n) is 11.3. The van der Waals surface area contributed by atoms with Crippen LogP contribution in [0.15, 0.2) is 53.0 Å². The number of aromatic hydroxyl groups is 1. The molecule has 5 heteroatoms. The molecular formula is C16H14BrNO3. The van der Waals surface area contributed by atoms with E-state index in [0.29, 0.717) is 17.0 Å². The van der Waals surface area contributed by atoms with Gasteiger partial charge in [0.15, 0.2) is 11.5 Å². The van der Waals surface area contributed by atoms with E-state index in [1.165, 1.54) is 19.3 Å². The van der Waals surface area contributed by atoms with E-state index >= 15 is 0 Å². The summed E-state index contributed by atoms with van der Waals surface area (Å²) in [6.07, 6.45) is 3.02. The first kappa shape index (κ1) is 15.1. The molecule has 0 saturated heterocycles. The molecule has 21 heavy (non-hydrogen) atoms. The Labute approximate surface area is 131 Å². The van der Waals surface area contributed by atoms with Gasteiger partial charge in [-0.25, -0.2) is 0 Å². The number of hydrogen-bond acceptors (Lipinski definition) is 3. The van der Waals surface area contributed by atoms with Gasteiger partial charge in [0.25, 0.3) is 0 Å². The number of phenols is 1. The van der Waals surface area contributed by atoms with Crippen molar-refractivity contribution in [1.29, 1.82) is 0 Å². The van der Waals surface area contributed by atoms with E-state index in [1.807, 2.05) is 18.2 Å². The molecule has 0 saturated carbocycles. The number of anilines is 1. The summed E-state index contributed by atoms with van der Waals surface area (Å²) in [5.41, 5.74) is 1.41. The fourth-order valence-electron chi connectivity index (χ4n) is 1.73. The summed E-state index contributed by atoms with van der Waals surface area (Å²) in [7, 11) is 1.48. The maximum atomic E-state index is 11.8. The Kier molecular flexibility index (Phi) is 5.00. The fraction of sp³-hybridized carbons (Fsp3) is 0.0625. The lowest BCUT2D eigenvalue weighted by molar-refractivity contribution is -0.111. The molecule has 2 aromatic carbocycles. The molecule has 0 unspecified atom stereocenters. The van der Waals surface area contributed by atoms with Crippen LogP contribution in [0.25, 0.3) is 6.08 Å². The number of rotatable bonds is 4. The average molecular weight is 348 g/mol. The summed E-state index contributed by atoms with van der Waals surface area (Å²) in [5, 5.41) is 12.4. The van der Waals surface area contributed by atoms with Crippen LogP contribution in [0, 0.1) is 0 Å². The molecule has 2 aromatic rings. The Bertz CT molecular complexity index is 683. The molecule has 0 atom stereocenters. The van der Waals surface area contributed by atoms with Gasteiger partial charge in [-0.15, -0.1) is 0 Å². The quantitative estimate of drug-likeness (QED) is 0.826. The van der Waals surface area contributed by atoms with Gasteiger partial charge in [-0.3, -0.25) is 4.79 Å². The van der Waals surface area contributed by atoms with Gasteiger partial charge in [0.2, 0.25) is 5.91 Å². The van der Waals surface area contributed by atoms with Crippen molar-refractivity contribution in [2.45, 2.75) is 0 Å². The van der Waals surface area contributed by atoms with Crippen LogP contribution in [0.4, 0.5) is 5.69 Å². The summed E-state index contributed by atoms with van der Waals surface area (Å²) < 4.78 is 5.85. The number of carbonyl (C=O) groups excluding carboxylic acids is 1. The van der Waals surface area contributed by atoms with Crippen LogP contribution in [0.3, 0.4) is 0 Å². The first-order valence-corrected chi connectivity index (χ1v) is 6.99. The number of benzene rings is 2. The maximum Gasteiger partial charge on any atom is 0.248 e. The molecule has 2 rings (SSSR count). The van der Waals surface area contributed by atoms with Crippen LogP contribution in [0.1, 0.15) is 5.56 Å². The molecule has 0 spiro atoms. The lowest BCUT2D eigenvalue weighted by Gasteiger charge is -2.04. The molecule has 0 aliphatic carbocycles. The van der Waals surface area contributed by atoms with E-state index < -0.39 is 0 Å². The van der Waals surface area contributed by atoms with E-state index in [-0.39, 0.29) is 11.7 Å². The molecule has 0 aromatic heterocycles. The number of amides is 1. The highest BCUT2D eigenvalue weighted by atomic mass is 79.9. The second-order valence-electron chi connectivity index (χ2n) is 4.26. The minimum absolute atomic E-state index is 0.0343. The van der Waals surface area contributed by atoms with E-state index in [4.69, 9.17) is 4.74 Å². The number of ether oxygens (including phenoxy) is 1. The summed E-state index contributed by atoms with van der Waals surface area (Å²) in [4.78, 5) is 11.8. The highest BCUT2D eigenvalue weighted by Gasteiger charge is 2.02. The molecule has 2 N–H and O–H groups in total. The zero-order chi connectivity index (χ0) is 15.2. The lowest BCUT2D eigenvalue weighted by atomic mass is 10.2. The molecule has 0 aliphatic rings. The lowest BCUT2D eigenvalue weighted by Crippen LogP contribution is -2.07. The number of nitrogens with one attached hydrogen (secondary N) is 1. The van der Waals surface area contributed by atoms with Crippen molar-refractivity contribution >= 4 is 33.6 Å². The van der Waals surface area contributed by atoms with Gasteiger partial charge in [0.05, 0.1) is 7.11 Å². The third-order valence-electron chi connectivity index (χ3n) is 2.72. The monoisotopic (exact) mass is 347 g/mol. The molecule has 0 fully saturated rings. The topological polar surface area (TPSA) is 58.6 Å². The van der Waals surface area contributed by atoms with Gasteiger partial charge >= 0.3 is 0 Å². The third-order valence-corrected chi connectivity index (χ3v) is 3.22. The van der Waals surface area contributed by atoms with Crippen LogP contribution < -0.4 is 10.1 Å². The van der Waals surface area contributed by atoms with Gasteiger partial charge in [-0.2, -0.15) is 0 Å². The predicted octanol–water partition coefficient (Wildman–Crippen LogP) is 3.82. The molecule has 4 nitrogen and oxygen atoms in total. The van der Waals surface area contributed by atoms with Crippen LogP contribution in [-0.2, 0) is 4.79 Å². The molecule has 0 bridgehead atoms. The van der Waals surface area contributed by atoms with Gasteiger partial charge in [0.1, 0.15) is 0 Å². The van der Waals surface area contributed by atoms with E-state index in [2.05, 4.69) is 21.2 Å². The Balaban J connectivity index is 2.03. The molecular weight excluding hydrogens is 334 g/mol. The van der Waals surface area contributed by atoms with Gasteiger partial charge in [0, 0.05) is 16.2 Å². The number of methoxy groups -OCH3 is 1. The Hall–Kier alpha value is -2.27. The van der Waals surface area contributed by atoms with Gasteiger partial charge < -0.3 is 15.2 Å². The third kappa shape index (κ3) is 4.36. The first-order chi connectivity index (χ1) is 10.1. The SMILES string of the molecule is COc1ccc(/C=C/C(=O)Nc2cccc(Br)c2)cc1O. The molecule has 0 heterocycles. The smallest absolute Gasteiger partial charge is 0.248 e. The van der Waals surface area contributed by atoms with E-state index in [9.17, 15) is 9.90 Å². The number of halogens is 1. The van der Waals surface area contributed by atoms with Crippen LogP contribution in [-0.4, -0.2) is 18.1 Å². The number of hydrogen-bond donors (Lipinski definition) is 2. The summed E-state index contributed by atoms with van der Waals surface area (Å²) >= 11 is 3.34. The highest BCUT2D eigenvalue weighted by molar-refractivity contribution is 9.10. The maximum absolute atomic E-state index is 11.8. The predicted molar refractivity (Wildman–Crippen MR) is 86.5 cm³/mol. The van der Waals surface area contributed by atoms with Crippen molar-refractivity contribution in [2.75, 3.05) is 12.4 Å². The second-order valence-corrected chi connectivity index (χ2v) is 5.18. The number of phenolic OH excluding ortho intramolecular Hbond substituents is 1. The molecule has 1 amide bonds. The Morgan fingerprint density at radius 3 is 2.76 bits per heavy atom. The summed E-state index contributed by atoms with van der Waals surface area (Å²) in [5.74, 6) is 0.182. The highest BCUT2D eigenvalue weighted by Crippen LogP contribution is 2.26. The van der Waals surface area contributed by atoms with Crippen molar-refractivity contribution in [1.82, 2.24) is 0 Å². The largest absolute Gasteiger partial charge is 0.504 e. The zero-order valence-corrected chi connectivity index (χ0v) is 12.9. The van der Waals surface area contributed by atoms with E-state index in [1.54, 1.807) is 24.3 Å². The minimum atomic E-state index is -0.247. The van der Waals surface area contributed by atoms with Crippen LogP contribution in [0.5, 0.6) is 11.5 Å². The van der Waals surface area contributed by atoms with Gasteiger partial charge in [-0.1, -0.05) is 28.1 Å². The minimum Gasteiger partial charge on any atom is -0.504 e. The number of carbonyl (C=O) groups is 1. The standard InChI is InChI=1S/C16H14BrNO3/c1-21-15-7-5-11(9-14(15)19)6-8-16(20)18-13-4-2-3-12(17)10-13/h2-10,19H,1H3,(H,18,20)/b8-6+. The summed E-state index contributed by atoms with van der Waals surface area (Å²) in [6, 6.07) is 12.3. The average Bonchev–Trinajstić information content (AvgIpc) is 2.45. The Morgan fingerprint density at radius 1 is 1.29 bits per heavy atom. The molecule has 0 radical (unpaired) electrons. The van der Waals surface area contributed by atoms with Crippen LogP contribution >= 0.6 is 15.9 Å². The first-order valence-electron chi connectivity index (χ1n) is 6.20. The van der Waals surface area contributed by atoms with Crippen molar-refractivity contribution < 1.29 is 14.6 Å². The van der Waals surface area contributed by atoms with Gasteiger partial charge in [-0.05, 0) is 42.0 Å². The van der Waals surface area contributed by atoms with E-state index in [0.717, 1.165) is 4.47 Å². The van der Waals surface area contributed by atoms with Crippen molar-refractivity contribution in [3.63, 3.8) is 0 Å².